The van der Waals surface area contributed by atoms with Gasteiger partial charge in [-0.05, 0) is 25.2 Å². The summed E-state index contributed by atoms with van der Waals surface area (Å²) in [6.07, 6.45) is -1.10. The summed E-state index contributed by atoms with van der Waals surface area (Å²) in [7, 11) is 1.49. The SMILES string of the molecule is COCCC1[C@H](n2cc(C)c(=O)[nH]c2=O)O[C@H](CO)[C@H]1OP(O)(O)=S. The van der Waals surface area contributed by atoms with Crippen molar-refractivity contribution in [3.8, 4) is 0 Å². The van der Waals surface area contributed by atoms with Crippen LogP contribution in [-0.2, 0) is 25.8 Å². The van der Waals surface area contributed by atoms with E-state index >= 15 is 0 Å². The quantitative estimate of drug-likeness (QED) is 0.426. The number of aliphatic hydroxyl groups is 1. The van der Waals surface area contributed by atoms with Gasteiger partial charge in [-0.3, -0.25) is 14.3 Å². The maximum Gasteiger partial charge on any atom is 0.330 e. The van der Waals surface area contributed by atoms with E-state index < -0.39 is 48.9 Å². The van der Waals surface area contributed by atoms with E-state index in [4.69, 9.17) is 14.0 Å². The monoisotopic (exact) mass is 396 g/mol. The lowest BCUT2D eigenvalue weighted by Gasteiger charge is -2.25. The Kier molecular flexibility index (Phi) is 6.68. The van der Waals surface area contributed by atoms with E-state index in [9.17, 15) is 24.5 Å². The fourth-order valence-corrected chi connectivity index (χ4v) is 3.76. The number of aromatic amines is 1. The number of aryl methyl sites for hydroxylation is 1. The first kappa shape index (κ1) is 20.4. The van der Waals surface area contributed by atoms with Crippen LogP contribution in [0.15, 0.2) is 15.8 Å². The summed E-state index contributed by atoms with van der Waals surface area (Å²) in [6.45, 7) is -2.69. The summed E-state index contributed by atoms with van der Waals surface area (Å²) < 4.78 is 17.1. The maximum atomic E-state index is 12.2. The molecule has 4 N–H and O–H groups in total. The van der Waals surface area contributed by atoms with Gasteiger partial charge in [-0.25, -0.2) is 4.79 Å². The Morgan fingerprint density at radius 3 is 2.68 bits per heavy atom. The summed E-state index contributed by atoms with van der Waals surface area (Å²) in [5.74, 6) is -0.568. The molecule has 0 aromatic carbocycles. The highest BCUT2D eigenvalue weighted by atomic mass is 32.5. The normalized spacial score (nSPS) is 26.9. The molecule has 1 saturated heterocycles. The van der Waals surface area contributed by atoms with Crippen molar-refractivity contribution in [1.82, 2.24) is 9.55 Å². The molecule has 0 saturated carbocycles. The zero-order chi connectivity index (χ0) is 18.8. The van der Waals surface area contributed by atoms with Crippen molar-refractivity contribution in [3.05, 3.63) is 32.6 Å². The Morgan fingerprint density at radius 1 is 1.44 bits per heavy atom. The van der Waals surface area contributed by atoms with Crippen molar-refractivity contribution in [3.63, 3.8) is 0 Å². The molecule has 1 fully saturated rings. The molecule has 2 rings (SSSR count). The van der Waals surface area contributed by atoms with Crippen LogP contribution in [0.25, 0.3) is 0 Å². The number of aromatic nitrogens is 2. The van der Waals surface area contributed by atoms with Crippen molar-refractivity contribution in [1.29, 1.82) is 0 Å². The molecule has 0 spiro atoms. The van der Waals surface area contributed by atoms with Crippen LogP contribution in [0, 0.1) is 12.8 Å². The van der Waals surface area contributed by atoms with E-state index in [0.29, 0.717) is 12.0 Å². The Hall–Kier alpha value is -0.910. The van der Waals surface area contributed by atoms with Crippen molar-refractivity contribution < 1.29 is 28.9 Å². The third-order valence-corrected chi connectivity index (χ3v) is 4.76. The lowest BCUT2D eigenvalue weighted by molar-refractivity contribution is -0.0472. The topological polar surface area (TPSA) is 143 Å². The fraction of sp³-hybridized carbons (Fsp3) is 0.692. The predicted molar refractivity (Wildman–Crippen MR) is 90.6 cm³/mol. The average molecular weight is 396 g/mol. The summed E-state index contributed by atoms with van der Waals surface area (Å²) in [6, 6.07) is 0. The highest BCUT2D eigenvalue weighted by Gasteiger charge is 2.47. The van der Waals surface area contributed by atoms with Gasteiger partial charge in [0.05, 0.1) is 6.61 Å². The van der Waals surface area contributed by atoms with Gasteiger partial charge in [0.1, 0.15) is 18.4 Å². The summed E-state index contributed by atoms with van der Waals surface area (Å²) in [5.41, 5.74) is -0.902. The number of nitrogens with one attached hydrogen (secondary N) is 1. The molecule has 1 aliphatic heterocycles. The van der Waals surface area contributed by atoms with Gasteiger partial charge in [0.2, 0.25) is 0 Å². The van der Waals surface area contributed by atoms with Crippen LogP contribution >= 0.6 is 6.72 Å². The minimum absolute atomic E-state index is 0.277. The first-order valence-electron chi connectivity index (χ1n) is 7.49. The lowest BCUT2D eigenvalue weighted by atomic mass is 9.96. The number of rotatable bonds is 7. The minimum Gasteiger partial charge on any atom is -0.394 e. The summed E-state index contributed by atoms with van der Waals surface area (Å²) in [4.78, 5) is 44.9. The van der Waals surface area contributed by atoms with Gasteiger partial charge < -0.3 is 28.9 Å². The number of ether oxygens (including phenoxy) is 2. The smallest absolute Gasteiger partial charge is 0.330 e. The molecular formula is C13H21N2O8PS. The number of aliphatic hydroxyl groups excluding tert-OH is 1. The summed E-state index contributed by atoms with van der Waals surface area (Å²) >= 11 is 4.52. The van der Waals surface area contributed by atoms with Gasteiger partial charge in [0.25, 0.3) is 5.56 Å². The number of H-pyrrole nitrogens is 1. The van der Waals surface area contributed by atoms with Crippen molar-refractivity contribution >= 4 is 18.5 Å². The highest BCUT2D eigenvalue weighted by molar-refractivity contribution is 8.06. The van der Waals surface area contributed by atoms with Crippen LogP contribution in [0.3, 0.4) is 0 Å². The number of hydrogen-bond donors (Lipinski definition) is 4. The van der Waals surface area contributed by atoms with Gasteiger partial charge in [0.15, 0.2) is 0 Å². The highest BCUT2D eigenvalue weighted by Crippen LogP contribution is 2.47. The van der Waals surface area contributed by atoms with E-state index in [-0.39, 0.29) is 6.61 Å². The molecule has 1 aliphatic rings. The van der Waals surface area contributed by atoms with Crippen molar-refractivity contribution in [2.75, 3.05) is 20.3 Å². The fourth-order valence-electron chi connectivity index (χ4n) is 2.85. The molecule has 1 unspecified atom stereocenters. The van der Waals surface area contributed by atoms with Crippen LogP contribution in [0.2, 0.25) is 0 Å². The maximum absolute atomic E-state index is 12.2. The van der Waals surface area contributed by atoms with Crippen molar-refractivity contribution in [2.24, 2.45) is 5.92 Å². The molecule has 25 heavy (non-hydrogen) atoms. The summed E-state index contributed by atoms with van der Waals surface area (Å²) in [5, 5.41) is 9.54. The molecule has 142 valence electrons. The molecule has 0 amide bonds. The number of nitrogens with zero attached hydrogens (tertiary/aromatic N) is 1. The molecule has 0 bridgehead atoms. The number of methoxy groups -OCH3 is 1. The van der Waals surface area contributed by atoms with Gasteiger partial charge in [-0.1, -0.05) is 0 Å². The Bertz CT molecular complexity index is 759. The second-order valence-corrected chi connectivity index (χ2v) is 8.35. The molecule has 0 radical (unpaired) electrons. The van der Waals surface area contributed by atoms with E-state index in [1.54, 1.807) is 0 Å². The minimum atomic E-state index is -4.03. The molecule has 12 heteroatoms. The largest absolute Gasteiger partial charge is 0.394 e. The molecule has 4 atom stereocenters. The van der Waals surface area contributed by atoms with E-state index in [2.05, 4.69) is 16.8 Å². The van der Waals surface area contributed by atoms with Gasteiger partial charge in [0, 0.05) is 31.4 Å². The zero-order valence-electron chi connectivity index (χ0n) is 13.7. The van der Waals surface area contributed by atoms with Gasteiger partial charge >= 0.3 is 12.4 Å². The van der Waals surface area contributed by atoms with E-state index in [1.165, 1.54) is 24.8 Å². The predicted octanol–water partition coefficient (Wildman–Crippen LogP) is -1.02. The third kappa shape index (κ3) is 4.83. The van der Waals surface area contributed by atoms with Crippen LogP contribution in [-0.4, -0.2) is 57.0 Å². The second-order valence-electron chi connectivity index (χ2n) is 5.73. The number of hydrogen-bond acceptors (Lipinski definition) is 7. The standard InChI is InChI=1S/C13H21N2O8PS/c1-7-5-15(13(18)14-11(7)17)12-8(3-4-21-2)10(9(6-16)22-12)23-24(19,20)25/h5,8-10,12,16H,3-4,6H2,1-2H3,(H,14,17,18)(H2,19,20,25)/t8?,9-,10+,12-/m1/s1. The lowest BCUT2D eigenvalue weighted by Crippen LogP contribution is -2.37. The molecule has 1 aromatic rings. The van der Waals surface area contributed by atoms with Crippen LogP contribution in [0.1, 0.15) is 18.2 Å². The first-order valence-corrected chi connectivity index (χ1v) is 10.1. The van der Waals surface area contributed by atoms with E-state index in [0.717, 1.165) is 0 Å². The Balaban J connectivity index is 2.45. The molecular weight excluding hydrogens is 375 g/mol. The van der Waals surface area contributed by atoms with Crippen LogP contribution < -0.4 is 11.2 Å². The van der Waals surface area contributed by atoms with Gasteiger partial charge in [-0.15, -0.1) is 0 Å². The zero-order valence-corrected chi connectivity index (χ0v) is 15.4. The second kappa shape index (κ2) is 8.19. The molecule has 1 aromatic heterocycles. The molecule has 10 nitrogen and oxygen atoms in total. The van der Waals surface area contributed by atoms with Crippen molar-refractivity contribution in [2.45, 2.75) is 31.8 Å². The molecule has 2 heterocycles. The van der Waals surface area contributed by atoms with Crippen LogP contribution in [0.5, 0.6) is 0 Å². The Morgan fingerprint density at radius 2 is 2.12 bits per heavy atom. The first-order chi connectivity index (χ1) is 11.7. The Labute approximate surface area is 148 Å². The van der Waals surface area contributed by atoms with E-state index in [1.807, 2.05) is 0 Å². The average Bonchev–Trinajstić information content (AvgIpc) is 2.84. The third-order valence-electron chi connectivity index (χ3n) is 3.98. The molecule has 0 aliphatic carbocycles. The van der Waals surface area contributed by atoms with Crippen LogP contribution in [0.4, 0.5) is 0 Å². The van der Waals surface area contributed by atoms with Gasteiger partial charge in [-0.2, -0.15) is 0 Å².